The number of halogens is 1. The van der Waals surface area contributed by atoms with Gasteiger partial charge in [-0.25, -0.2) is 4.79 Å². The average Bonchev–Trinajstić information content (AvgIpc) is 2.58. The Labute approximate surface area is 148 Å². The molecule has 25 heavy (non-hydrogen) atoms. The van der Waals surface area contributed by atoms with Crippen LogP contribution in [0.15, 0.2) is 59.9 Å². The molecule has 0 amide bonds. The van der Waals surface area contributed by atoms with Crippen LogP contribution in [0.4, 0.5) is 11.6 Å². The zero-order valence-corrected chi connectivity index (χ0v) is 13.8. The number of rotatable bonds is 5. The van der Waals surface area contributed by atoms with Gasteiger partial charge in [0.1, 0.15) is 0 Å². The van der Waals surface area contributed by atoms with E-state index in [1.165, 1.54) is 12.1 Å². The van der Waals surface area contributed by atoms with Gasteiger partial charge in [-0.3, -0.25) is 4.79 Å². The van der Waals surface area contributed by atoms with E-state index in [1.54, 1.807) is 24.3 Å². The molecule has 0 aliphatic carbocycles. The third kappa shape index (κ3) is 3.25. The SMILES string of the molecule is C=CCn1c(Nc2ccc(C(=O)O)c(Cl)c2)nc(=O)c2ccccc21. The van der Waals surface area contributed by atoms with Crippen LogP contribution in [-0.4, -0.2) is 20.6 Å². The summed E-state index contributed by atoms with van der Waals surface area (Å²) < 4.78 is 1.81. The minimum absolute atomic E-state index is 0.00201. The van der Waals surface area contributed by atoms with Gasteiger partial charge in [0, 0.05) is 12.2 Å². The van der Waals surface area contributed by atoms with Crippen molar-refractivity contribution in [3.8, 4) is 0 Å². The molecule has 0 aliphatic heterocycles. The van der Waals surface area contributed by atoms with Crippen molar-refractivity contribution in [3.05, 3.63) is 76.1 Å². The first-order chi connectivity index (χ1) is 12.0. The largest absolute Gasteiger partial charge is 0.478 e. The molecule has 0 saturated carbocycles. The molecule has 126 valence electrons. The summed E-state index contributed by atoms with van der Waals surface area (Å²) in [5, 5.41) is 12.7. The van der Waals surface area contributed by atoms with Crippen molar-refractivity contribution in [3.63, 3.8) is 0 Å². The molecule has 0 bridgehead atoms. The number of carbonyl (C=O) groups is 1. The number of allylic oxidation sites excluding steroid dienone is 1. The maximum Gasteiger partial charge on any atom is 0.337 e. The smallest absolute Gasteiger partial charge is 0.337 e. The minimum atomic E-state index is -1.11. The van der Waals surface area contributed by atoms with Crippen LogP contribution in [-0.2, 0) is 6.54 Å². The molecule has 6 nitrogen and oxygen atoms in total. The summed E-state index contributed by atoms with van der Waals surface area (Å²) in [5.41, 5.74) is 0.891. The highest BCUT2D eigenvalue weighted by molar-refractivity contribution is 6.33. The lowest BCUT2D eigenvalue weighted by Crippen LogP contribution is -2.17. The number of carboxylic acid groups (broad SMARTS) is 1. The Morgan fingerprint density at radius 1 is 1.32 bits per heavy atom. The van der Waals surface area contributed by atoms with Gasteiger partial charge in [0.2, 0.25) is 5.95 Å². The highest BCUT2D eigenvalue weighted by Crippen LogP contribution is 2.24. The van der Waals surface area contributed by atoms with Gasteiger partial charge in [0.05, 0.1) is 21.5 Å². The Morgan fingerprint density at radius 3 is 2.76 bits per heavy atom. The highest BCUT2D eigenvalue weighted by atomic mass is 35.5. The molecule has 2 aromatic carbocycles. The summed E-state index contributed by atoms with van der Waals surface area (Å²) in [6.07, 6.45) is 1.70. The monoisotopic (exact) mass is 355 g/mol. The van der Waals surface area contributed by atoms with Gasteiger partial charge in [-0.1, -0.05) is 29.8 Å². The average molecular weight is 356 g/mol. The second-order valence-corrected chi connectivity index (χ2v) is 5.69. The van der Waals surface area contributed by atoms with Crippen molar-refractivity contribution < 1.29 is 9.90 Å². The number of anilines is 2. The van der Waals surface area contributed by atoms with Crippen LogP contribution in [0.2, 0.25) is 5.02 Å². The van der Waals surface area contributed by atoms with Crippen LogP contribution >= 0.6 is 11.6 Å². The topological polar surface area (TPSA) is 84.2 Å². The maximum absolute atomic E-state index is 12.3. The predicted octanol–water partition coefficient (Wildman–Crippen LogP) is 3.68. The van der Waals surface area contributed by atoms with E-state index in [2.05, 4.69) is 16.9 Å². The second kappa shape index (κ2) is 6.78. The highest BCUT2D eigenvalue weighted by Gasteiger charge is 2.12. The molecule has 2 N–H and O–H groups in total. The summed E-state index contributed by atoms with van der Waals surface area (Å²) in [4.78, 5) is 27.4. The first kappa shape index (κ1) is 16.7. The van der Waals surface area contributed by atoms with Crippen LogP contribution < -0.4 is 10.9 Å². The molecule has 3 aromatic rings. The number of nitrogens with one attached hydrogen (secondary N) is 1. The van der Waals surface area contributed by atoms with E-state index in [1.807, 2.05) is 16.7 Å². The number of aromatic nitrogens is 2. The van der Waals surface area contributed by atoms with Gasteiger partial charge in [0.25, 0.3) is 5.56 Å². The molecule has 0 spiro atoms. The Bertz CT molecular complexity index is 1040. The van der Waals surface area contributed by atoms with Crippen molar-refractivity contribution in [2.45, 2.75) is 6.54 Å². The van der Waals surface area contributed by atoms with Crippen molar-refractivity contribution in [1.82, 2.24) is 9.55 Å². The van der Waals surface area contributed by atoms with Gasteiger partial charge in [0.15, 0.2) is 0 Å². The van der Waals surface area contributed by atoms with E-state index in [-0.39, 0.29) is 16.1 Å². The normalized spacial score (nSPS) is 10.6. The third-order valence-electron chi connectivity index (χ3n) is 3.66. The molecule has 1 heterocycles. The lowest BCUT2D eigenvalue weighted by Gasteiger charge is -2.15. The lowest BCUT2D eigenvalue weighted by atomic mass is 10.2. The fraction of sp³-hybridized carbons (Fsp3) is 0.0556. The fourth-order valence-electron chi connectivity index (χ4n) is 2.53. The number of fused-ring (bicyclic) bond motifs is 1. The molecule has 0 aliphatic rings. The minimum Gasteiger partial charge on any atom is -0.478 e. The fourth-order valence-corrected chi connectivity index (χ4v) is 2.79. The summed E-state index contributed by atoms with van der Waals surface area (Å²) >= 11 is 5.99. The van der Waals surface area contributed by atoms with Crippen molar-refractivity contribution in [2.75, 3.05) is 5.32 Å². The number of hydrogen-bond acceptors (Lipinski definition) is 4. The molecule has 0 atom stereocenters. The Hall–Kier alpha value is -3.12. The first-order valence-corrected chi connectivity index (χ1v) is 7.79. The number of nitrogens with zero attached hydrogens (tertiary/aromatic N) is 2. The summed E-state index contributed by atoms with van der Waals surface area (Å²) in [6, 6.07) is 11.6. The Balaban J connectivity index is 2.11. The van der Waals surface area contributed by atoms with Gasteiger partial charge < -0.3 is 15.0 Å². The van der Waals surface area contributed by atoms with E-state index >= 15 is 0 Å². The van der Waals surface area contributed by atoms with Crippen LogP contribution in [0.3, 0.4) is 0 Å². The molecular weight excluding hydrogens is 342 g/mol. The third-order valence-corrected chi connectivity index (χ3v) is 3.97. The Kier molecular flexibility index (Phi) is 4.54. The molecule has 0 fully saturated rings. The van der Waals surface area contributed by atoms with Gasteiger partial charge in [-0.2, -0.15) is 4.98 Å². The molecule has 0 unspecified atom stereocenters. The van der Waals surface area contributed by atoms with E-state index in [9.17, 15) is 9.59 Å². The molecule has 1 aromatic heterocycles. The standard InChI is InChI=1S/C18H14ClN3O3/c1-2-9-22-15-6-4-3-5-13(15)16(23)21-18(22)20-11-7-8-12(17(24)25)14(19)10-11/h2-8,10H,1,9H2,(H,24,25)(H,20,21,23). The maximum atomic E-state index is 12.3. The number of aromatic carboxylic acids is 1. The summed E-state index contributed by atoms with van der Waals surface area (Å²) in [6.45, 7) is 4.18. The van der Waals surface area contributed by atoms with Crippen LogP contribution in [0, 0.1) is 0 Å². The Morgan fingerprint density at radius 2 is 2.08 bits per heavy atom. The number of hydrogen-bond donors (Lipinski definition) is 2. The number of benzene rings is 2. The van der Waals surface area contributed by atoms with E-state index in [4.69, 9.17) is 16.7 Å². The van der Waals surface area contributed by atoms with Crippen molar-refractivity contribution in [2.24, 2.45) is 0 Å². The molecule has 0 saturated heterocycles. The zero-order valence-electron chi connectivity index (χ0n) is 13.1. The van der Waals surface area contributed by atoms with Crippen LogP contribution in [0.1, 0.15) is 10.4 Å². The first-order valence-electron chi connectivity index (χ1n) is 7.41. The summed E-state index contributed by atoms with van der Waals surface area (Å²) in [5.74, 6) is -0.785. The number of para-hydroxylation sites is 1. The van der Waals surface area contributed by atoms with Crippen LogP contribution in [0.5, 0.6) is 0 Å². The van der Waals surface area contributed by atoms with Gasteiger partial charge in [-0.15, -0.1) is 6.58 Å². The molecule has 3 rings (SSSR count). The quantitative estimate of drug-likeness (QED) is 0.682. The summed E-state index contributed by atoms with van der Waals surface area (Å²) in [7, 11) is 0. The molecule has 0 radical (unpaired) electrons. The van der Waals surface area contributed by atoms with E-state index in [0.29, 0.717) is 23.6 Å². The van der Waals surface area contributed by atoms with Gasteiger partial charge >= 0.3 is 5.97 Å². The zero-order chi connectivity index (χ0) is 18.0. The molecule has 7 heteroatoms. The van der Waals surface area contributed by atoms with E-state index in [0.717, 1.165) is 5.52 Å². The van der Waals surface area contributed by atoms with Crippen molar-refractivity contribution in [1.29, 1.82) is 0 Å². The lowest BCUT2D eigenvalue weighted by molar-refractivity contribution is 0.0697. The van der Waals surface area contributed by atoms with Crippen molar-refractivity contribution >= 4 is 40.1 Å². The number of carboxylic acids is 1. The van der Waals surface area contributed by atoms with Gasteiger partial charge in [-0.05, 0) is 30.3 Å². The molecular formula is C18H14ClN3O3. The van der Waals surface area contributed by atoms with E-state index < -0.39 is 5.97 Å². The van der Waals surface area contributed by atoms with Crippen LogP contribution in [0.25, 0.3) is 10.9 Å². The second-order valence-electron chi connectivity index (χ2n) is 5.28. The predicted molar refractivity (Wildman–Crippen MR) is 97.9 cm³/mol.